The van der Waals surface area contributed by atoms with Crippen molar-refractivity contribution in [2.45, 2.75) is 65.2 Å². The Kier molecular flexibility index (Phi) is 4.46. The smallest absolute Gasteiger partial charge is 0.00430 e. The van der Waals surface area contributed by atoms with Crippen LogP contribution in [0.3, 0.4) is 0 Å². The van der Waals surface area contributed by atoms with E-state index in [1.165, 1.54) is 56.9 Å². The topological polar surface area (TPSA) is 52.0 Å². The van der Waals surface area contributed by atoms with Crippen molar-refractivity contribution in [2.75, 3.05) is 13.1 Å². The highest BCUT2D eigenvalue weighted by atomic mass is 14.7. The van der Waals surface area contributed by atoms with E-state index in [1.807, 2.05) is 0 Å². The molecule has 0 aromatic carbocycles. The fourth-order valence-corrected chi connectivity index (χ4v) is 6.65. The van der Waals surface area contributed by atoms with Crippen LogP contribution in [0.2, 0.25) is 0 Å². The van der Waals surface area contributed by atoms with E-state index in [-0.39, 0.29) is 0 Å². The lowest BCUT2D eigenvalue weighted by molar-refractivity contribution is -0.0529. The van der Waals surface area contributed by atoms with Crippen molar-refractivity contribution in [3.8, 4) is 0 Å². The molecule has 3 aliphatic rings. The third-order valence-corrected chi connectivity index (χ3v) is 8.25. The maximum atomic E-state index is 6.35. The molecule has 2 heteroatoms. The van der Waals surface area contributed by atoms with Gasteiger partial charge in [0, 0.05) is 0 Å². The molecular formula is C20H36N2. The Labute approximate surface area is 137 Å². The zero-order valence-electron chi connectivity index (χ0n) is 14.7. The predicted molar refractivity (Wildman–Crippen MR) is 94.4 cm³/mol. The molecule has 0 bridgehead atoms. The zero-order chi connectivity index (χ0) is 16.0. The van der Waals surface area contributed by atoms with Crippen LogP contribution in [-0.4, -0.2) is 13.1 Å². The number of fused-ring (bicyclic) bond motifs is 1. The molecule has 0 aliphatic heterocycles. The monoisotopic (exact) mass is 304 g/mol. The minimum absolute atomic E-state index is 0.365. The minimum Gasteiger partial charge on any atom is -0.330 e. The van der Waals surface area contributed by atoms with Crippen LogP contribution in [0, 0.1) is 34.5 Å². The predicted octanol–water partition coefficient (Wildman–Crippen LogP) is 4.10. The molecule has 2 nitrogen and oxygen atoms in total. The van der Waals surface area contributed by atoms with Gasteiger partial charge in [0.2, 0.25) is 0 Å². The van der Waals surface area contributed by atoms with Crippen LogP contribution in [0.15, 0.2) is 12.2 Å². The van der Waals surface area contributed by atoms with Gasteiger partial charge in [-0.1, -0.05) is 38.8 Å². The van der Waals surface area contributed by atoms with Crippen LogP contribution < -0.4 is 11.5 Å². The molecule has 0 unspecified atom stereocenters. The molecule has 126 valence electrons. The van der Waals surface area contributed by atoms with Gasteiger partial charge in [-0.05, 0) is 86.1 Å². The first-order valence-electron chi connectivity index (χ1n) is 9.55. The van der Waals surface area contributed by atoms with Gasteiger partial charge in [-0.15, -0.1) is 0 Å². The lowest BCUT2D eigenvalue weighted by Gasteiger charge is -2.56. The SMILES string of the molecule is C=C1CC[C@H]2[C@H](CN)[C@@H]([C@@]3(C)CCCC[C@@H]3CN)CC[C@]12C. The van der Waals surface area contributed by atoms with Gasteiger partial charge in [-0.25, -0.2) is 0 Å². The largest absolute Gasteiger partial charge is 0.330 e. The van der Waals surface area contributed by atoms with Crippen LogP contribution in [0.1, 0.15) is 65.2 Å². The molecule has 6 atom stereocenters. The summed E-state index contributed by atoms with van der Waals surface area (Å²) >= 11 is 0. The molecule has 0 amide bonds. The fourth-order valence-electron chi connectivity index (χ4n) is 6.65. The van der Waals surface area contributed by atoms with Crippen LogP contribution in [0.25, 0.3) is 0 Å². The van der Waals surface area contributed by atoms with Gasteiger partial charge < -0.3 is 11.5 Å². The van der Waals surface area contributed by atoms with Crippen LogP contribution in [0.4, 0.5) is 0 Å². The standard InChI is InChI=1S/C20H36N2/c1-14-7-8-17-16(13-22)18(9-11-19(14,17)2)20(3)10-5-4-6-15(20)12-21/h15-18H,1,4-13,21-22H2,2-3H3/t15-,16+,17+,18+,19-,20+/m1/s1. The van der Waals surface area contributed by atoms with Crippen LogP contribution in [0.5, 0.6) is 0 Å². The van der Waals surface area contributed by atoms with E-state index in [9.17, 15) is 0 Å². The Morgan fingerprint density at radius 3 is 2.45 bits per heavy atom. The summed E-state index contributed by atoms with van der Waals surface area (Å²) < 4.78 is 0. The molecule has 0 aromatic rings. The highest BCUT2D eigenvalue weighted by Crippen LogP contribution is 2.63. The number of nitrogens with two attached hydrogens (primary N) is 2. The summed E-state index contributed by atoms with van der Waals surface area (Å²) in [7, 11) is 0. The summed E-state index contributed by atoms with van der Waals surface area (Å²) in [6, 6.07) is 0. The average Bonchev–Trinajstić information content (AvgIpc) is 2.82. The van der Waals surface area contributed by atoms with Crippen molar-refractivity contribution in [1.29, 1.82) is 0 Å². The molecule has 0 aromatic heterocycles. The minimum atomic E-state index is 0.365. The summed E-state index contributed by atoms with van der Waals surface area (Å²) in [5.74, 6) is 2.92. The van der Waals surface area contributed by atoms with Gasteiger partial charge in [0.25, 0.3) is 0 Å². The molecule has 3 aliphatic carbocycles. The third-order valence-electron chi connectivity index (χ3n) is 8.25. The first-order chi connectivity index (χ1) is 10.5. The molecule has 0 spiro atoms. The van der Waals surface area contributed by atoms with Crippen molar-refractivity contribution in [3.63, 3.8) is 0 Å². The summed E-state index contributed by atoms with van der Waals surface area (Å²) in [4.78, 5) is 0. The van der Waals surface area contributed by atoms with Gasteiger partial charge in [0.05, 0.1) is 0 Å². The lowest BCUT2D eigenvalue weighted by atomic mass is 9.49. The molecule has 4 N–H and O–H groups in total. The Hall–Kier alpha value is -0.340. The fraction of sp³-hybridized carbons (Fsp3) is 0.900. The van der Waals surface area contributed by atoms with E-state index in [1.54, 1.807) is 0 Å². The van der Waals surface area contributed by atoms with Crippen molar-refractivity contribution in [1.82, 2.24) is 0 Å². The quantitative estimate of drug-likeness (QED) is 0.771. The van der Waals surface area contributed by atoms with E-state index in [2.05, 4.69) is 20.4 Å². The number of allylic oxidation sites excluding steroid dienone is 1. The Bertz CT molecular complexity index is 431. The molecule has 3 saturated carbocycles. The zero-order valence-corrected chi connectivity index (χ0v) is 14.7. The maximum Gasteiger partial charge on any atom is -0.00430 e. The number of hydrogen-bond donors (Lipinski definition) is 2. The summed E-state index contributed by atoms with van der Waals surface area (Å²) in [5, 5.41) is 0. The maximum absolute atomic E-state index is 6.35. The molecule has 3 fully saturated rings. The summed E-state index contributed by atoms with van der Waals surface area (Å²) in [5.41, 5.74) is 14.8. The second-order valence-electron chi connectivity index (χ2n) is 8.90. The van der Waals surface area contributed by atoms with Crippen LogP contribution in [-0.2, 0) is 0 Å². The van der Waals surface area contributed by atoms with E-state index in [0.717, 1.165) is 24.9 Å². The normalized spacial score (nSPS) is 49.2. The van der Waals surface area contributed by atoms with Gasteiger partial charge in [0.15, 0.2) is 0 Å². The Morgan fingerprint density at radius 1 is 1.00 bits per heavy atom. The first kappa shape index (κ1) is 16.5. The Balaban J connectivity index is 1.89. The van der Waals surface area contributed by atoms with E-state index < -0.39 is 0 Å². The molecule has 0 saturated heterocycles. The first-order valence-corrected chi connectivity index (χ1v) is 9.55. The van der Waals surface area contributed by atoms with Gasteiger partial charge in [0.1, 0.15) is 0 Å². The molecule has 22 heavy (non-hydrogen) atoms. The third kappa shape index (κ3) is 2.29. The second kappa shape index (κ2) is 5.94. The van der Waals surface area contributed by atoms with E-state index >= 15 is 0 Å². The number of rotatable bonds is 3. The molecule has 0 radical (unpaired) electrons. The van der Waals surface area contributed by atoms with E-state index in [0.29, 0.717) is 22.7 Å². The Morgan fingerprint density at radius 2 is 1.77 bits per heavy atom. The highest BCUT2D eigenvalue weighted by molar-refractivity contribution is 5.20. The highest BCUT2D eigenvalue weighted by Gasteiger charge is 2.55. The van der Waals surface area contributed by atoms with Gasteiger partial charge in [-0.2, -0.15) is 0 Å². The van der Waals surface area contributed by atoms with Crippen LogP contribution >= 0.6 is 0 Å². The molecular weight excluding hydrogens is 268 g/mol. The van der Waals surface area contributed by atoms with Crippen molar-refractivity contribution >= 4 is 0 Å². The lowest BCUT2D eigenvalue weighted by Crippen LogP contribution is -2.52. The van der Waals surface area contributed by atoms with E-state index in [4.69, 9.17) is 11.5 Å². The molecule has 0 heterocycles. The average molecular weight is 305 g/mol. The van der Waals surface area contributed by atoms with Crippen molar-refractivity contribution in [2.24, 2.45) is 46.0 Å². The van der Waals surface area contributed by atoms with Gasteiger partial charge in [-0.3, -0.25) is 0 Å². The summed E-state index contributed by atoms with van der Waals surface area (Å²) in [6.07, 6.45) is 10.6. The molecule has 3 rings (SSSR count). The summed E-state index contributed by atoms with van der Waals surface area (Å²) in [6.45, 7) is 11.1. The van der Waals surface area contributed by atoms with Gasteiger partial charge >= 0.3 is 0 Å². The van der Waals surface area contributed by atoms with Crippen molar-refractivity contribution < 1.29 is 0 Å². The number of hydrogen-bond acceptors (Lipinski definition) is 2. The second-order valence-corrected chi connectivity index (χ2v) is 8.90. The van der Waals surface area contributed by atoms with Crippen molar-refractivity contribution in [3.05, 3.63) is 12.2 Å².